The average Bonchev–Trinajstić information content (AvgIpc) is 2.87. The summed E-state index contributed by atoms with van der Waals surface area (Å²) in [5.41, 5.74) is 2.05. The Hall–Kier alpha value is -1.29. The lowest BCUT2D eigenvalue weighted by molar-refractivity contribution is -0.136. The van der Waals surface area contributed by atoms with Crippen molar-refractivity contribution in [3.63, 3.8) is 0 Å². The number of rotatable bonds is 1. The predicted octanol–water partition coefficient (Wildman–Crippen LogP) is 2.23. The molecule has 1 N–H and O–H groups in total. The van der Waals surface area contributed by atoms with Crippen LogP contribution in [0.2, 0.25) is 0 Å². The van der Waals surface area contributed by atoms with Gasteiger partial charge < -0.3 is 5.11 Å². The summed E-state index contributed by atoms with van der Waals surface area (Å²) in [5, 5.41) is 8.75. The molecule has 0 aliphatic carbocycles. The monoisotopic (exact) mass is 233 g/mol. The zero-order valence-electron chi connectivity index (χ0n) is 8.59. The van der Waals surface area contributed by atoms with Crippen molar-refractivity contribution in [2.45, 2.75) is 17.1 Å². The van der Waals surface area contributed by atoms with Gasteiger partial charge in [0.25, 0.3) is 0 Å². The topological polar surface area (TPSA) is 49.7 Å². The van der Waals surface area contributed by atoms with Crippen LogP contribution in [0, 0.1) is 0 Å². The fourth-order valence-electron chi connectivity index (χ4n) is 2.40. The van der Waals surface area contributed by atoms with Crippen molar-refractivity contribution >= 4 is 29.6 Å². The molecular weight excluding hydrogens is 222 g/mol. The lowest BCUT2D eigenvalue weighted by Crippen LogP contribution is -2.27. The number of nitrogens with zero attached hydrogens (tertiary/aromatic N) is 1. The average molecular weight is 233 g/mol. The van der Waals surface area contributed by atoms with Crippen LogP contribution in [0.4, 0.5) is 5.69 Å². The second-order valence-corrected chi connectivity index (χ2v) is 5.46. The molecule has 3 rings (SSSR count). The van der Waals surface area contributed by atoms with E-state index in [0.717, 1.165) is 11.4 Å². The molecule has 0 aromatic heterocycles. The smallest absolute Gasteiger partial charge is 0.316 e. The summed E-state index contributed by atoms with van der Waals surface area (Å²) in [7, 11) is 0. The number of benzene rings is 1. The molecule has 2 aliphatic rings. The lowest BCUT2D eigenvalue weighted by Gasteiger charge is -2.20. The van der Waals surface area contributed by atoms with E-state index < -0.39 is 5.97 Å². The van der Waals surface area contributed by atoms with Crippen LogP contribution >= 0.6 is 11.8 Å². The van der Waals surface area contributed by atoms with Crippen molar-refractivity contribution in [3.8, 4) is 0 Å². The summed E-state index contributed by atoms with van der Waals surface area (Å²) in [6.07, 6.45) is 2.60. The highest BCUT2D eigenvalue weighted by Gasteiger charge is 2.45. The van der Waals surface area contributed by atoms with Crippen LogP contribution in [-0.4, -0.2) is 28.3 Å². The van der Waals surface area contributed by atoms with Gasteiger partial charge in [0, 0.05) is 17.4 Å². The minimum atomic E-state index is -0.709. The van der Waals surface area contributed by atoms with Gasteiger partial charge in [0.05, 0.1) is 5.69 Å². The highest BCUT2D eigenvalue weighted by Crippen LogP contribution is 2.48. The van der Waals surface area contributed by atoms with E-state index in [1.807, 2.05) is 24.4 Å². The van der Waals surface area contributed by atoms with Crippen LogP contribution in [-0.2, 0) is 10.2 Å². The first-order chi connectivity index (χ1) is 7.71. The molecule has 1 aromatic carbocycles. The van der Waals surface area contributed by atoms with Gasteiger partial charge in [0.15, 0.2) is 0 Å². The summed E-state index contributed by atoms with van der Waals surface area (Å²) >= 11 is 1.52. The Bertz CT molecular complexity index is 486. The Morgan fingerprint density at radius 3 is 3.06 bits per heavy atom. The number of aliphatic imine (C=N–C) groups is 1. The molecule has 0 radical (unpaired) electrons. The van der Waals surface area contributed by atoms with E-state index in [0.29, 0.717) is 6.42 Å². The van der Waals surface area contributed by atoms with Crippen LogP contribution in [0.1, 0.15) is 12.0 Å². The van der Waals surface area contributed by atoms with Gasteiger partial charge in [-0.05, 0) is 18.1 Å². The fraction of sp³-hybridized carbons (Fsp3) is 0.333. The van der Waals surface area contributed by atoms with E-state index in [1.54, 1.807) is 0 Å². The molecule has 16 heavy (non-hydrogen) atoms. The third-order valence-corrected chi connectivity index (χ3v) is 4.71. The molecule has 4 heteroatoms. The Balaban J connectivity index is 1.99. The maximum Gasteiger partial charge on any atom is 0.316 e. The van der Waals surface area contributed by atoms with Crippen molar-refractivity contribution in [2.24, 2.45) is 4.99 Å². The zero-order chi connectivity index (χ0) is 11.2. The van der Waals surface area contributed by atoms with Gasteiger partial charge in [0.2, 0.25) is 0 Å². The second kappa shape index (κ2) is 3.35. The van der Waals surface area contributed by atoms with Crippen molar-refractivity contribution in [1.29, 1.82) is 0 Å². The quantitative estimate of drug-likeness (QED) is 0.809. The molecule has 1 spiro atoms. The molecule has 82 valence electrons. The van der Waals surface area contributed by atoms with E-state index >= 15 is 0 Å². The first-order valence-corrected chi connectivity index (χ1v) is 6.25. The Labute approximate surface area is 97.6 Å². The van der Waals surface area contributed by atoms with Crippen LogP contribution in [0.15, 0.2) is 29.3 Å². The summed E-state index contributed by atoms with van der Waals surface area (Å²) in [6, 6.07) is 8.01. The summed E-state index contributed by atoms with van der Waals surface area (Å²) in [4.78, 5) is 15.4. The van der Waals surface area contributed by atoms with Crippen molar-refractivity contribution in [1.82, 2.24) is 0 Å². The predicted molar refractivity (Wildman–Crippen MR) is 64.8 cm³/mol. The molecule has 0 bridgehead atoms. The lowest BCUT2D eigenvalue weighted by atomic mass is 9.80. The third-order valence-electron chi connectivity index (χ3n) is 3.26. The standard InChI is InChI=1S/C12H11NO2S/c14-11(15)10-5-12(7-16-10)6-13-9-4-2-1-3-8(9)12/h1-4,6,10H,5,7H2,(H,14,15). The summed E-state index contributed by atoms with van der Waals surface area (Å²) in [5.74, 6) is 0.115. The second-order valence-electron chi connectivity index (χ2n) is 4.27. The molecule has 2 atom stereocenters. The van der Waals surface area contributed by atoms with E-state index in [2.05, 4.69) is 11.1 Å². The first kappa shape index (κ1) is 9.90. The fourth-order valence-corrected chi connectivity index (χ4v) is 3.81. The highest BCUT2D eigenvalue weighted by molar-refractivity contribution is 8.01. The summed E-state index contributed by atoms with van der Waals surface area (Å²) in [6.45, 7) is 0. The van der Waals surface area contributed by atoms with E-state index in [4.69, 9.17) is 5.11 Å². The molecule has 0 amide bonds. The van der Waals surface area contributed by atoms with Crippen LogP contribution in [0.3, 0.4) is 0 Å². The number of thioether (sulfide) groups is 1. The number of hydrogen-bond acceptors (Lipinski definition) is 3. The van der Waals surface area contributed by atoms with Gasteiger partial charge in [-0.2, -0.15) is 0 Å². The number of carbonyl (C=O) groups is 1. The first-order valence-electron chi connectivity index (χ1n) is 5.20. The molecule has 2 heterocycles. The minimum absolute atomic E-state index is 0.135. The largest absolute Gasteiger partial charge is 0.480 e. The third kappa shape index (κ3) is 1.29. The molecule has 3 nitrogen and oxygen atoms in total. The zero-order valence-corrected chi connectivity index (χ0v) is 9.41. The molecule has 0 saturated carbocycles. The number of fused-ring (bicyclic) bond motifs is 2. The Morgan fingerprint density at radius 2 is 2.31 bits per heavy atom. The van der Waals surface area contributed by atoms with Gasteiger partial charge in [-0.3, -0.25) is 9.79 Å². The van der Waals surface area contributed by atoms with Gasteiger partial charge in [-0.15, -0.1) is 11.8 Å². The normalized spacial score (nSPS) is 30.9. The van der Waals surface area contributed by atoms with Crippen LogP contribution in [0.5, 0.6) is 0 Å². The molecule has 1 fully saturated rings. The number of carboxylic acid groups (broad SMARTS) is 1. The number of para-hydroxylation sites is 1. The van der Waals surface area contributed by atoms with E-state index in [9.17, 15) is 4.79 Å². The number of hydrogen-bond donors (Lipinski definition) is 1. The summed E-state index contributed by atoms with van der Waals surface area (Å²) < 4.78 is 0. The van der Waals surface area contributed by atoms with E-state index in [1.165, 1.54) is 17.3 Å². The molecule has 2 aliphatic heterocycles. The molecule has 1 aromatic rings. The van der Waals surface area contributed by atoms with Crippen LogP contribution < -0.4 is 0 Å². The van der Waals surface area contributed by atoms with Crippen molar-refractivity contribution in [3.05, 3.63) is 29.8 Å². The highest BCUT2D eigenvalue weighted by atomic mass is 32.2. The number of aliphatic carboxylic acids is 1. The van der Waals surface area contributed by atoms with Gasteiger partial charge >= 0.3 is 5.97 Å². The maximum absolute atomic E-state index is 11.0. The van der Waals surface area contributed by atoms with E-state index in [-0.39, 0.29) is 10.7 Å². The number of carboxylic acids is 1. The Kier molecular flexibility index (Phi) is 2.07. The van der Waals surface area contributed by atoms with Gasteiger partial charge in [0.1, 0.15) is 5.25 Å². The molecular formula is C12H11NO2S. The van der Waals surface area contributed by atoms with Crippen molar-refractivity contribution in [2.75, 3.05) is 5.75 Å². The van der Waals surface area contributed by atoms with Crippen LogP contribution in [0.25, 0.3) is 0 Å². The SMILES string of the molecule is O=C(O)C1CC2(C=Nc3ccccc32)CS1. The Morgan fingerprint density at radius 1 is 1.50 bits per heavy atom. The minimum Gasteiger partial charge on any atom is -0.480 e. The maximum atomic E-state index is 11.0. The van der Waals surface area contributed by atoms with Gasteiger partial charge in [-0.25, -0.2) is 0 Å². The molecule has 1 saturated heterocycles. The molecule has 2 unspecified atom stereocenters. The van der Waals surface area contributed by atoms with Gasteiger partial charge in [-0.1, -0.05) is 18.2 Å². The van der Waals surface area contributed by atoms with Crippen molar-refractivity contribution < 1.29 is 9.90 Å².